The van der Waals surface area contributed by atoms with Crippen LogP contribution in [0.4, 0.5) is 5.69 Å². The highest BCUT2D eigenvalue weighted by atomic mass is 32.2. The van der Waals surface area contributed by atoms with Crippen LogP contribution in [0.1, 0.15) is 24.8 Å². The molecule has 4 atom stereocenters. The minimum atomic E-state index is -4.01. The number of hydrogen-bond acceptors (Lipinski definition) is 5. The predicted octanol–water partition coefficient (Wildman–Crippen LogP) is 3.30. The van der Waals surface area contributed by atoms with Gasteiger partial charge in [-0.25, -0.2) is 4.90 Å². The minimum Gasteiger partial charge on any atom is -0.379 e. The molecule has 5 rings (SSSR count). The van der Waals surface area contributed by atoms with E-state index in [9.17, 15) is 18.0 Å². The lowest BCUT2D eigenvalue weighted by Crippen LogP contribution is -2.32. The average Bonchev–Trinajstić information content (AvgIpc) is 3.36. The second kappa shape index (κ2) is 6.42. The Kier molecular flexibility index (Phi) is 4.07. The fraction of sp³-hybridized carbons (Fsp3) is 0.364. The normalized spacial score (nSPS) is 28.1. The first-order chi connectivity index (χ1) is 13.8. The number of aryl methyl sites for hydroxylation is 1. The van der Waals surface area contributed by atoms with Crippen molar-refractivity contribution >= 4 is 27.6 Å². The van der Waals surface area contributed by atoms with E-state index in [1.165, 1.54) is 29.2 Å². The van der Waals surface area contributed by atoms with Gasteiger partial charge in [0.05, 0.1) is 17.5 Å². The number of carbonyl (C=O) groups is 2. The SMILES string of the molecule is Cc1ccc(S(=O)(=O)Oc2cccc(N3C(=O)[C@@H]4[C@@H]5CC[C@@H](C5)[C@@H]4C3=O)c2)cc1. The van der Waals surface area contributed by atoms with Gasteiger partial charge in [0, 0.05) is 6.07 Å². The number of imide groups is 1. The zero-order chi connectivity index (χ0) is 20.3. The number of rotatable bonds is 4. The Morgan fingerprint density at radius 3 is 2.17 bits per heavy atom. The Balaban J connectivity index is 1.43. The van der Waals surface area contributed by atoms with Gasteiger partial charge in [0.1, 0.15) is 10.6 Å². The van der Waals surface area contributed by atoms with E-state index in [1.807, 2.05) is 6.92 Å². The summed E-state index contributed by atoms with van der Waals surface area (Å²) in [5.74, 6) is -0.0926. The van der Waals surface area contributed by atoms with Gasteiger partial charge in [0.25, 0.3) is 0 Å². The maximum atomic E-state index is 13.0. The maximum absolute atomic E-state index is 13.0. The van der Waals surface area contributed by atoms with Crippen molar-refractivity contribution < 1.29 is 22.2 Å². The van der Waals surface area contributed by atoms with E-state index in [-0.39, 0.29) is 34.3 Å². The Hall–Kier alpha value is -2.67. The molecule has 1 aliphatic heterocycles. The lowest BCUT2D eigenvalue weighted by atomic mass is 9.81. The summed E-state index contributed by atoms with van der Waals surface area (Å²) >= 11 is 0. The van der Waals surface area contributed by atoms with Crippen LogP contribution >= 0.6 is 0 Å². The van der Waals surface area contributed by atoms with Crippen LogP contribution < -0.4 is 9.08 Å². The standard InChI is InChI=1S/C22H21NO5S/c1-13-5-9-18(10-6-13)29(26,27)28-17-4-2-3-16(12-17)23-21(24)19-14-7-8-15(11-14)20(19)22(23)25/h2-6,9-10,12,14-15,19-20H,7-8,11H2,1H3/t14-,15+,19-,20+. The highest BCUT2D eigenvalue weighted by Crippen LogP contribution is 2.56. The van der Waals surface area contributed by atoms with Crippen LogP contribution in [0.15, 0.2) is 53.4 Å². The van der Waals surface area contributed by atoms with Crippen molar-refractivity contribution in [1.29, 1.82) is 0 Å². The highest BCUT2D eigenvalue weighted by Gasteiger charge is 2.61. The van der Waals surface area contributed by atoms with E-state index in [2.05, 4.69) is 0 Å². The number of fused-ring (bicyclic) bond motifs is 5. The van der Waals surface area contributed by atoms with Crippen molar-refractivity contribution in [3.63, 3.8) is 0 Å². The number of amides is 2. The first-order valence-corrected chi connectivity index (χ1v) is 11.2. The summed E-state index contributed by atoms with van der Waals surface area (Å²) < 4.78 is 30.4. The van der Waals surface area contributed by atoms with Gasteiger partial charge in [-0.05, 0) is 62.3 Å². The van der Waals surface area contributed by atoms with Gasteiger partial charge in [0.2, 0.25) is 11.8 Å². The van der Waals surface area contributed by atoms with Crippen molar-refractivity contribution in [2.75, 3.05) is 4.90 Å². The average molecular weight is 411 g/mol. The number of anilines is 1. The summed E-state index contributed by atoms with van der Waals surface area (Å²) in [7, 11) is -4.01. The van der Waals surface area contributed by atoms with E-state index in [1.54, 1.807) is 24.3 Å². The van der Waals surface area contributed by atoms with Gasteiger partial charge in [-0.15, -0.1) is 0 Å². The number of nitrogens with zero attached hydrogens (tertiary/aromatic N) is 1. The van der Waals surface area contributed by atoms with Crippen molar-refractivity contribution in [1.82, 2.24) is 0 Å². The molecule has 3 fully saturated rings. The Morgan fingerprint density at radius 2 is 1.55 bits per heavy atom. The van der Waals surface area contributed by atoms with Gasteiger partial charge in [0.15, 0.2) is 0 Å². The lowest BCUT2D eigenvalue weighted by Gasteiger charge is -2.19. The summed E-state index contributed by atoms with van der Waals surface area (Å²) in [6, 6.07) is 12.6. The van der Waals surface area contributed by atoms with E-state index < -0.39 is 10.1 Å². The molecule has 3 aliphatic rings. The smallest absolute Gasteiger partial charge is 0.339 e. The predicted molar refractivity (Wildman–Crippen MR) is 106 cm³/mol. The van der Waals surface area contributed by atoms with Crippen LogP contribution in [0.2, 0.25) is 0 Å². The van der Waals surface area contributed by atoms with Crippen LogP contribution in [0.3, 0.4) is 0 Å². The third-order valence-corrected chi connectivity index (χ3v) is 7.78. The molecule has 1 saturated heterocycles. The van der Waals surface area contributed by atoms with Crippen LogP contribution in [0, 0.1) is 30.6 Å². The molecule has 29 heavy (non-hydrogen) atoms. The molecular weight excluding hydrogens is 390 g/mol. The van der Waals surface area contributed by atoms with Gasteiger partial charge in [-0.3, -0.25) is 9.59 Å². The molecule has 0 N–H and O–H groups in total. The van der Waals surface area contributed by atoms with Crippen LogP contribution in [0.25, 0.3) is 0 Å². The molecule has 0 spiro atoms. The molecule has 2 saturated carbocycles. The highest BCUT2D eigenvalue weighted by molar-refractivity contribution is 7.87. The molecule has 1 heterocycles. The third kappa shape index (κ3) is 2.87. The summed E-state index contributed by atoms with van der Waals surface area (Å²) in [5, 5.41) is 0. The fourth-order valence-electron chi connectivity index (χ4n) is 5.22. The topological polar surface area (TPSA) is 80.8 Å². The van der Waals surface area contributed by atoms with Gasteiger partial charge in [-0.2, -0.15) is 8.42 Å². The molecule has 0 radical (unpaired) electrons. The van der Waals surface area contributed by atoms with Crippen molar-refractivity contribution in [3.05, 3.63) is 54.1 Å². The zero-order valence-corrected chi connectivity index (χ0v) is 16.8. The molecule has 2 aromatic rings. The van der Waals surface area contributed by atoms with Crippen molar-refractivity contribution in [3.8, 4) is 5.75 Å². The van der Waals surface area contributed by atoms with Gasteiger partial charge < -0.3 is 4.18 Å². The van der Waals surface area contributed by atoms with E-state index >= 15 is 0 Å². The number of benzene rings is 2. The molecule has 7 heteroatoms. The number of carbonyl (C=O) groups excluding carboxylic acids is 2. The third-order valence-electron chi connectivity index (χ3n) is 6.52. The summed E-state index contributed by atoms with van der Waals surface area (Å²) in [6.07, 6.45) is 2.99. The molecule has 2 aromatic carbocycles. The van der Waals surface area contributed by atoms with E-state index in [0.29, 0.717) is 17.5 Å². The summed E-state index contributed by atoms with van der Waals surface area (Å²) in [6.45, 7) is 1.87. The quantitative estimate of drug-likeness (QED) is 0.570. The molecule has 2 aliphatic carbocycles. The van der Waals surface area contributed by atoms with Gasteiger partial charge in [-0.1, -0.05) is 23.8 Å². The van der Waals surface area contributed by atoms with E-state index in [0.717, 1.165) is 24.8 Å². The molecule has 150 valence electrons. The molecule has 2 bridgehead atoms. The Labute approximate surface area is 169 Å². The fourth-order valence-corrected chi connectivity index (χ4v) is 6.14. The molecule has 6 nitrogen and oxygen atoms in total. The monoisotopic (exact) mass is 411 g/mol. The van der Waals surface area contributed by atoms with Crippen molar-refractivity contribution in [2.45, 2.75) is 31.1 Å². The second-order valence-electron chi connectivity index (χ2n) is 8.24. The zero-order valence-electron chi connectivity index (χ0n) is 15.9. The minimum absolute atomic E-state index is 0.0490. The Morgan fingerprint density at radius 1 is 0.931 bits per heavy atom. The molecular formula is C22H21NO5S. The number of hydrogen-bond donors (Lipinski definition) is 0. The largest absolute Gasteiger partial charge is 0.379 e. The van der Waals surface area contributed by atoms with E-state index in [4.69, 9.17) is 4.18 Å². The first kappa shape index (κ1) is 18.4. The van der Waals surface area contributed by atoms with Gasteiger partial charge >= 0.3 is 10.1 Å². The van der Waals surface area contributed by atoms with Crippen LogP contribution in [-0.2, 0) is 19.7 Å². The summed E-state index contributed by atoms with van der Waals surface area (Å²) in [5.41, 5.74) is 1.31. The second-order valence-corrected chi connectivity index (χ2v) is 9.79. The molecule has 0 aromatic heterocycles. The Bertz CT molecular complexity index is 1080. The van der Waals surface area contributed by atoms with Crippen molar-refractivity contribution in [2.24, 2.45) is 23.7 Å². The lowest BCUT2D eigenvalue weighted by molar-refractivity contribution is -0.123. The van der Waals surface area contributed by atoms with Crippen LogP contribution in [-0.4, -0.2) is 20.2 Å². The molecule has 2 amide bonds. The molecule has 0 unspecified atom stereocenters. The summed E-state index contributed by atoms with van der Waals surface area (Å²) in [4.78, 5) is 27.2. The maximum Gasteiger partial charge on any atom is 0.339 e. The first-order valence-electron chi connectivity index (χ1n) is 9.84. The van der Waals surface area contributed by atoms with Crippen LogP contribution in [0.5, 0.6) is 5.75 Å².